The molecule has 0 radical (unpaired) electrons. The summed E-state index contributed by atoms with van der Waals surface area (Å²) in [6, 6.07) is 4.98. The maximum absolute atomic E-state index is 13.8. The van der Waals surface area contributed by atoms with E-state index in [0.717, 1.165) is 12.1 Å². The molecule has 0 spiro atoms. The standard InChI is InChI=1S/C14H21FN2O2/c1-4-17-10(2)11-5-6-13(12(15)9-11)19-8-7-14(18)16-3/h5-6,9-10,17H,4,7-8H2,1-3H3,(H,16,18). The zero-order valence-electron chi connectivity index (χ0n) is 11.6. The molecule has 0 heterocycles. The van der Waals surface area contributed by atoms with E-state index < -0.39 is 5.82 Å². The molecule has 4 nitrogen and oxygen atoms in total. The Morgan fingerprint density at radius 2 is 2.21 bits per heavy atom. The zero-order valence-corrected chi connectivity index (χ0v) is 11.6. The van der Waals surface area contributed by atoms with Crippen LogP contribution < -0.4 is 15.4 Å². The van der Waals surface area contributed by atoms with Crippen molar-refractivity contribution in [3.63, 3.8) is 0 Å². The molecular formula is C14H21FN2O2. The molecule has 0 aliphatic carbocycles. The summed E-state index contributed by atoms with van der Waals surface area (Å²) in [6.07, 6.45) is 0.214. The van der Waals surface area contributed by atoms with Crippen molar-refractivity contribution in [2.75, 3.05) is 20.2 Å². The molecule has 2 N–H and O–H groups in total. The average molecular weight is 268 g/mol. The number of hydrogen-bond acceptors (Lipinski definition) is 3. The number of nitrogens with one attached hydrogen (secondary N) is 2. The SMILES string of the molecule is CCNC(C)c1ccc(OCCC(=O)NC)c(F)c1. The highest BCUT2D eigenvalue weighted by molar-refractivity contribution is 5.75. The normalized spacial score (nSPS) is 12.0. The number of rotatable bonds is 7. The lowest BCUT2D eigenvalue weighted by atomic mass is 10.1. The predicted octanol–water partition coefficient (Wildman–Crippen LogP) is 2.01. The Bertz CT molecular complexity index is 424. The molecule has 0 aromatic heterocycles. The minimum absolute atomic E-state index is 0.0967. The smallest absolute Gasteiger partial charge is 0.223 e. The van der Waals surface area contributed by atoms with Crippen LogP contribution in [0.15, 0.2) is 18.2 Å². The van der Waals surface area contributed by atoms with Crippen LogP contribution in [0.4, 0.5) is 4.39 Å². The second-order valence-corrected chi connectivity index (χ2v) is 4.24. The maximum Gasteiger partial charge on any atom is 0.223 e. The first-order valence-electron chi connectivity index (χ1n) is 6.44. The van der Waals surface area contributed by atoms with Crippen molar-refractivity contribution in [1.29, 1.82) is 0 Å². The van der Waals surface area contributed by atoms with E-state index in [9.17, 15) is 9.18 Å². The Morgan fingerprint density at radius 1 is 1.47 bits per heavy atom. The van der Waals surface area contributed by atoms with Gasteiger partial charge in [-0.15, -0.1) is 0 Å². The van der Waals surface area contributed by atoms with E-state index in [1.807, 2.05) is 19.9 Å². The topological polar surface area (TPSA) is 50.4 Å². The summed E-state index contributed by atoms with van der Waals surface area (Å²) in [5, 5.41) is 5.70. The first kappa shape index (κ1) is 15.4. The Balaban J connectivity index is 2.59. The summed E-state index contributed by atoms with van der Waals surface area (Å²) >= 11 is 0. The number of amides is 1. The van der Waals surface area contributed by atoms with Crippen LogP contribution in [0, 0.1) is 5.82 Å². The van der Waals surface area contributed by atoms with Crippen molar-refractivity contribution in [3.8, 4) is 5.75 Å². The third-order valence-electron chi connectivity index (χ3n) is 2.83. The van der Waals surface area contributed by atoms with Gasteiger partial charge in [-0.2, -0.15) is 0 Å². The van der Waals surface area contributed by atoms with Gasteiger partial charge < -0.3 is 15.4 Å². The van der Waals surface area contributed by atoms with Gasteiger partial charge in [-0.1, -0.05) is 13.0 Å². The van der Waals surface area contributed by atoms with Gasteiger partial charge in [-0.3, -0.25) is 4.79 Å². The van der Waals surface area contributed by atoms with Gasteiger partial charge >= 0.3 is 0 Å². The number of carbonyl (C=O) groups is 1. The third-order valence-corrected chi connectivity index (χ3v) is 2.83. The van der Waals surface area contributed by atoms with E-state index in [2.05, 4.69) is 10.6 Å². The van der Waals surface area contributed by atoms with Gasteiger partial charge in [-0.25, -0.2) is 4.39 Å². The lowest BCUT2D eigenvalue weighted by molar-refractivity contribution is -0.121. The summed E-state index contributed by atoms with van der Waals surface area (Å²) in [5.41, 5.74) is 0.873. The van der Waals surface area contributed by atoms with Crippen molar-refractivity contribution in [1.82, 2.24) is 10.6 Å². The van der Waals surface area contributed by atoms with Crippen LogP contribution in [0.5, 0.6) is 5.75 Å². The predicted molar refractivity (Wildman–Crippen MR) is 72.7 cm³/mol. The first-order valence-corrected chi connectivity index (χ1v) is 6.44. The summed E-state index contributed by atoms with van der Waals surface area (Å²) in [6.45, 7) is 4.97. The van der Waals surface area contributed by atoms with Gasteiger partial charge in [0.05, 0.1) is 13.0 Å². The highest BCUT2D eigenvalue weighted by Crippen LogP contribution is 2.22. The Labute approximate surface area is 113 Å². The summed E-state index contributed by atoms with van der Waals surface area (Å²) in [5.74, 6) is -0.353. The maximum atomic E-state index is 13.8. The van der Waals surface area contributed by atoms with Gasteiger partial charge in [-0.05, 0) is 31.2 Å². The molecule has 1 rings (SSSR count). The van der Waals surface area contributed by atoms with Crippen LogP contribution in [0.2, 0.25) is 0 Å². The molecule has 0 bridgehead atoms. The van der Waals surface area contributed by atoms with Gasteiger partial charge in [0.2, 0.25) is 5.91 Å². The fourth-order valence-electron chi connectivity index (χ4n) is 1.71. The number of benzene rings is 1. The summed E-state index contributed by atoms with van der Waals surface area (Å²) in [7, 11) is 1.56. The molecule has 5 heteroatoms. The number of carbonyl (C=O) groups excluding carboxylic acids is 1. The molecule has 0 fully saturated rings. The van der Waals surface area contributed by atoms with Crippen LogP contribution in [-0.4, -0.2) is 26.1 Å². The first-order chi connectivity index (χ1) is 9.08. The van der Waals surface area contributed by atoms with Gasteiger partial charge in [0.1, 0.15) is 0 Å². The van der Waals surface area contributed by atoms with E-state index in [-0.39, 0.29) is 30.7 Å². The lowest BCUT2D eigenvalue weighted by Crippen LogP contribution is -2.20. The average Bonchev–Trinajstić information content (AvgIpc) is 2.40. The van der Waals surface area contributed by atoms with Crippen molar-refractivity contribution in [3.05, 3.63) is 29.6 Å². The van der Waals surface area contributed by atoms with E-state index in [4.69, 9.17) is 4.74 Å². The fraction of sp³-hybridized carbons (Fsp3) is 0.500. The van der Waals surface area contributed by atoms with Crippen LogP contribution in [0.3, 0.4) is 0 Å². The van der Waals surface area contributed by atoms with Crippen LogP contribution in [-0.2, 0) is 4.79 Å². The van der Waals surface area contributed by atoms with Crippen LogP contribution >= 0.6 is 0 Å². The molecule has 19 heavy (non-hydrogen) atoms. The third kappa shape index (κ3) is 4.87. The molecule has 0 saturated carbocycles. The van der Waals surface area contributed by atoms with E-state index in [1.54, 1.807) is 13.1 Å². The monoisotopic (exact) mass is 268 g/mol. The highest BCUT2D eigenvalue weighted by Gasteiger charge is 2.09. The van der Waals surface area contributed by atoms with Gasteiger partial charge in [0.15, 0.2) is 11.6 Å². The van der Waals surface area contributed by atoms with Crippen LogP contribution in [0.25, 0.3) is 0 Å². The highest BCUT2D eigenvalue weighted by atomic mass is 19.1. The summed E-state index contributed by atoms with van der Waals surface area (Å²) < 4.78 is 19.1. The number of halogens is 1. The second kappa shape index (κ2) is 7.74. The lowest BCUT2D eigenvalue weighted by Gasteiger charge is -2.14. The largest absolute Gasteiger partial charge is 0.490 e. The molecule has 1 amide bonds. The second-order valence-electron chi connectivity index (χ2n) is 4.24. The Hall–Kier alpha value is -1.62. The molecule has 0 saturated heterocycles. The zero-order chi connectivity index (χ0) is 14.3. The summed E-state index contributed by atoms with van der Waals surface area (Å²) in [4.78, 5) is 11.0. The van der Waals surface area contributed by atoms with Crippen molar-refractivity contribution < 1.29 is 13.9 Å². The molecule has 1 aromatic carbocycles. The van der Waals surface area contributed by atoms with Crippen molar-refractivity contribution in [2.24, 2.45) is 0 Å². The molecular weight excluding hydrogens is 247 g/mol. The van der Waals surface area contributed by atoms with Crippen LogP contribution in [0.1, 0.15) is 31.9 Å². The molecule has 0 aliphatic rings. The van der Waals surface area contributed by atoms with Crippen molar-refractivity contribution >= 4 is 5.91 Å². The van der Waals surface area contributed by atoms with Crippen molar-refractivity contribution in [2.45, 2.75) is 26.3 Å². The number of hydrogen-bond donors (Lipinski definition) is 2. The Kier molecular flexibility index (Phi) is 6.29. The fourth-order valence-corrected chi connectivity index (χ4v) is 1.71. The molecule has 0 aliphatic heterocycles. The molecule has 106 valence electrons. The Morgan fingerprint density at radius 3 is 2.79 bits per heavy atom. The quantitative estimate of drug-likeness (QED) is 0.795. The number of ether oxygens (including phenoxy) is 1. The molecule has 1 aromatic rings. The molecule has 1 atom stereocenters. The van der Waals surface area contributed by atoms with Gasteiger partial charge in [0.25, 0.3) is 0 Å². The van der Waals surface area contributed by atoms with E-state index >= 15 is 0 Å². The van der Waals surface area contributed by atoms with E-state index in [1.165, 1.54) is 6.07 Å². The van der Waals surface area contributed by atoms with E-state index in [0.29, 0.717) is 0 Å². The minimum Gasteiger partial charge on any atom is -0.490 e. The van der Waals surface area contributed by atoms with Gasteiger partial charge in [0, 0.05) is 13.1 Å². The minimum atomic E-state index is -0.404. The molecule has 1 unspecified atom stereocenters.